The van der Waals surface area contributed by atoms with E-state index in [1.165, 1.54) is 19.3 Å². The number of carboxylic acids is 1. The number of ether oxygens (including phenoxy) is 2. The van der Waals surface area contributed by atoms with Crippen molar-refractivity contribution < 1.29 is 19.4 Å². The molecule has 25 heavy (non-hydrogen) atoms. The molecule has 138 valence electrons. The fourth-order valence-corrected chi connectivity index (χ4v) is 4.15. The minimum absolute atomic E-state index is 0.355. The summed E-state index contributed by atoms with van der Waals surface area (Å²) in [5, 5.41) is 12.8. The van der Waals surface area contributed by atoms with Crippen LogP contribution in [-0.2, 0) is 11.3 Å². The Morgan fingerprint density at radius 1 is 1.40 bits per heavy atom. The largest absolute Gasteiger partial charge is 0.493 e. The van der Waals surface area contributed by atoms with Gasteiger partial charge < -0.3 is 19.9 Å². The number of methoxy groups -OCH3 is 1. The van der Waals surface area contributed by atoms with E-state index in [2.05, 4.69) is 10.2 Å². The lowest BCUT2D eigenvalue weighted by molar-refractivity contribution is -0.139. The lowest BCUT2D eigenvalue weighted by Gasteiger charge is -2.40. The van der Waals surface area contributed by atoms with Gasteiger partial charge in [-0.3, -0.25) is 4.90 Å². The van der Waals surface area contributed by atoms with Crippen LogP contribution >= 0.6 is 11.6 Å². The van der Waals surface area contributed by atoms with Gasteiger partial charge in [-0.25, -0.2) is 4.79 Å². The molecule has 7 heteroatoms. The molecular formula is C18H25ClN2O4. The number of carbonyl (C=O) groups is 1. The molecule has 2 aliphatic heterocycles. The molecule has 6 nitrogen and oxygen atoms in total. The van der Waals surface area contributed by atoms with Gasteiger partial charge in [-0.1, -0.05) is 11.6 Å². The summed E-state index contributed by atoms with van der Waals surface area (Å²) in [6, 6.07) is 3.50. The summed E-state index contributed by atoms with van der Waals surface area (Å²) >= 11 is 6.42. The van der Waals surface area contributed by atoms with Gasteiger partial charge in [0.15, 0.2) is 18.1 Å². The predicted octanol–water partition coefficient (Wildman–Crippen LogP) is 2.39. The van der Waals surface area contributed by atoms with Crippen LogP contribution in [0.4, 0.5) is 0 Å². The molecule has 3 rings (SSSR count). The quantitative estimate of drug-likeness (QED) is 0.803. The van der Waals surface area contributed by atoms with Gasteiger partial charge in [0.2, 0.25) is 0 Å². The fraction of sp³-hybridized carbons (Fsp3) is 0.611. The number of halogens is 1. The molecule has 0 radical (unpaired) electrons. The number of carboxylic acid groups (broad SMARTS) is 1. The summed E-state index contributed by atoms with van der Waals surface area (Å²) in [5.41, 5.74) is 1.38. The Balaban J connectivity index is 1.72. The van der Waals surface area contributed by atoms with Crippen LogP contribution in [-0.4, -0.2) is 55.9 Å². The number of piperidine rings is 1. The summed E-state index contributed by atoms with van der Waals surface area (Å²) < 4.78 is 10.6. The summed E-state index contributed by atoms with van der Waals surface area (Å²) in [4.78, 5) is 13.2. The minimum Gasteiger partial charge on any atom is -0.493 e. The van der Waals surface area contributed by atoms with Crippen molar-refractivity contribution in [3.8, 4) is 11.5 Å². The molecule has 0 amide bonds. The molecule has 0 unspecified atom stereocenters. The summed E-state index contributed by atoms with van der Waals surface area (Å²) in [6.07, 6.45) is 3.73. The van der Waals surface area contributed by atoms with Gasteiger partial charge in [0.1, 0.15) is 0 Å². The summed E-state index contributed by atoms with van der Waals surface area (Å²) in [5.74, 6) is -0.172. The van der Waals surface area contributed by atoms with Crippen molar-refractivity contribution in [1.82, 2.24) is 10.2 Å². The normalized spacial score (nSPS) is 23.8. The Bertz CT molecular complexity index is 632. The number of nitrogens with one attached hydrogen (secondary N) is 1. The van der Waals surface area contributed by atoms with E-state index in [1.807, 2.05) is 6.07 Å². The average Bonchev–Trinajstić information content (AvgIpc) is 3.02. The van der Waals surface area contributed by atoms with E-state index in [-0.39, 0.29) is 0 Å². The van der Waals surface area contributed by atoms with Crippen LogP contribution < -0.4 is 14.8 Å². The van der Waals surface area contributed by atoms with Crippen molar-refractivity contribution in [1.29, 1.82) is 0 Å². The van der Waals surface area contributed by atoms with E-state index >= 15 is 0 Å². The highest BCUT2D eigenvalue weighted by Crippen LogP contribution is 2.38. The van der Waals surface area contributed by atoms with Crippen LogP contribution in [0.3, 0.4) is 0 Å². The monoisotopic (exact) mass is 368 g/mol. The zero-order chi connectivity index (χ0) is 17.9. The van der Waals surface area contributed by atoms with E-state index in [0.717, 1.165) is 38.3 Å². The van der Waals surface area contributed by atoms with Gasteiger partial charge in [0, 0.05) is 30.7 Å². The Morgan fingerprint density at radius 3 is 2.92 bits per heavy atom. The van der Waals surface area contributed by atoms with Crippen molar-refractivity contribution in [2.45, 2.75) is 25.8 Å². The molecule has 0 aliphatic carbocycles. The number of rotatable bonds is 6. The molecule has 2 heterocycles. The zero-order valence-corrected chi connectivity index (χ0v) is 15.3. The van der Waals surface area contributed by atoms with Crippen molar-refractivity contribution in [2.24, 2.45) is 5.41 Å². The van der Waals surface area contributed by atoms with Crippen LogP contribution in [0.25, 0.3) is 0 Å². The molecule has 1 spiro atoms. The highest BCUT2D eigenvalue weighted by molar-refractivity contribution is 6.31. The highest BCUT2D eigenvalue weighted by atomic mass is 35.5. The first-order valence-corrected chi connectivity index (χ1v) is 9.03. The minimum atomic E-state index is -1.04. The Morgan fingerprint density at radius 2 is 2.24 bits per heavy atom. The van der Waals surface area contributed by atoms with Crippen LogP contribution in [0.1, 0.15) is 24.8 Å². The second-order valence-corrected chi connectivity index (χ2v) is 7.43. The molecule has 1 aromatic rings. The smallest absolute Gasteiger partial charge is 0.341 e. The van der Waals surface area contributed by atoms with Crippen molar-refractivity contribution >= 4 is 17.6 Å². The molecule has 2 saturated heterocycles. The fourth-order valence-electron chi connectivity index (χ4n) is 3.94. The number of hydrogen-bond donors (Lipinski definition) is 2. The maximum atomic E-state index is 10.7. The van der Waals surface area contributed by atoms with Gasteiger partial charge in [0.25, 0.3) is 0 Å². The number of hydrogen-bond acceptors (Lipinski definition) is 5. The maximum Gasteiger partial charge on any atom is 0.341 e. The molecule has 0 aromatic heterocycles. The van der Waals surface area contributed by atoms with Gasteiger partial charge >= 0.3 is 5.97 Å². The second-order valence-electron chi connectivity index (χ2n) is 7.02. The van der Waals surface area contributed by atoms with E-state index in [0.29, 0.717) is 21.9 Å². The third kappa shape index (κ3) is 4.37. The summed E-state index contributed by atoms with van der Waals surface area (Å²) in [6.45, 7) is 4.69. The first-order valence-electron chi connectivity index (χ1n) is 8.65. The van der Waals surface area contributed by atoms with Gasteiger partial charge in [0.05, 0.1) is 7.11 Å². The van der Waals surface area contributed by atoms with Crippen LogP contribution in [0, 0.1) is 5.41 Å². The maximum absolute atomic E-state index is 10.7. The molecule has 0 bridgehead atoms. The standard InChI is InChI=1S/C18H25ClN2O4/c1-24-15-7-13(14(19)8-16(15)25-10-17(22)23)9-21-6-2-3-18(12-21)4-5-20-11-18/h7-8,20H,2-6,9-12H2,1H3,(H,22,23)/t18-/m1/s1. The first-order chi connectivity index (χ1) is 12.0. The number of aliphatic carboxylic acids is 1. The molecule has 0 saturated carbocycles. The molecule has 1 atom stereocenters. The van der Waals surface area contributed by atoms with E-state index in [4.69, 9.17) is 26.2 Å². The molecular weight excluding hydrogens is 344 g/mol. The van der Waals surface area contributed by atoms with Gasteiger partial charge in [-0.2, -0.15) is 0 Å². The summed E-state index contributed by atoms with van der Waals surface area (Å²) in [7, 11) is 1.54. The first kappa shape index (κ1) is 18.3. The number of nitrogens with zero attached hydrogens (tertiary/aromatic N) is 1. The van der Waals surface area contributed by atoms with Crippen molar-refractivity contribution in [3.63, 3.8) is 0 Å². The third-order valence-corrected chi connectivity index (χ3v) is 5.50. The predicted molar refractivity (Wildman–Crippen MR) is 95.6 cm³/mol. The lowest BCUT2D eigenvalue weighted by atomic mass is 9.79. The van der Waals surface area contributed by atoms with Gasteiger partial charge in [-0.15, -0.1) is 0 Å². The SMILES string of the molecule is COc1cc(CN2CCC[C@]3(CCNC3)C2)c(Cl)cc1OCC(=O)O. The average molecular weight is 369 g/mol. The zero-order valence-electron chi connectivity index (χ0n) is 14.5. The molecule has 1 aromatic carbocycles. The number of benzene rings is 1. The Labute approximate surface area is 153 Å². The van der Waals surface area contributed by atoms with Gasteiger partial charge in [-0.05, 0) is 49.4 Å². The highest BCUT2D eigenvalue weighted by Gasteiger charge is 2.37. The van der Waals surface area contributed by atoms with Crippen LogP contribution in [0.2, 0.25) is 5.02 Å². The Kier molecular flexibility index (Phi) is 5.71. The Hall–Kier alpha value is -1.50. The molecule has 2 aliphatic rings. The molecule has 2 fully saturated rings. The van der Waals surface area contributed by atoms with Crippen LogP contribution in [0.15, 0.2) is 12.1 Å². The lowest BCUT2D eigenvalue weighted by Crippen LogP contribution is -2.44. The second kappa shape index (κ2) is 7.81. The third-order valence-electron chi connectivity index (χ3n) is 5.15. The van der Waals surface area contributed by atoms with E-state index < -0.39 is 12.6 Å². The topological polar surface area (TPSA) is 71.0 Å². The van der Waals surface area contributed by atoms with Crippen LogP contribution in [0.5, 0.6) is 11.5 Å². The van der Waals surface area contributed by atoms with Crippen molar-refractivity contribution in [3.05, 3.63) is 22.7 Å². The number of likely N-dealkylation sites (tertiary alicyclic amines) is 1. The van der Waals surface area contributed by atoms with Crippen molar-refractivity contribution in [2.75, 3.05) is 39.9 Å². The van der Waals surface area contributed by atoms with E-state index in [1.54, 1.807) is 13.2 Å². The molecule has 2 N–H and O–H groups in total. The van der Waals surface area contributed by atoms with E-state index in [9.17, 15) is 4.79 Å².